The number of esters is 1. The third-order valence-corrected chi connectivity index (χ3v) is 11.6. The van der Waals surface area contributed by atoms with Crippen LogP contribution in [-0.4, -0.2) is 134 Å². The van der Waals surface area contributed by atoms with E-state index in [0.29, 0.717) is 18.4 Å². The van der Waals surface area contributed by atoms with Crippen molar-refractivity contribution in [3.63, 3.8) is 0 Å². The van der Waals surface area contributed by atoms with Gasteiger partial charge in [-0.2, -0.15) is 0 Å². The summed E-state index contributed by atoms with van der Waals surface area (Å²) in [5, 5.41) is 43.2. The molecule has 368 valence electrons. The Balaban J connectivity index is 2.93. The molecule has 2 unspecified atom stereocenters. The summed E-state index contributed by atoms with van der Waals surface area (Å²) in [5.74, 6) is -10.8. The molecule has 0 bridgehead atoms. The molecule has 1 saturated heterocycles. The average molecular weight is 930 g/mol. The molecule has 0 radical (unpaired) electrons. The van der Waals surface area contributed by atoms with E-state index >= 15 is 0 Å². The van der Waals surface area contributed by atoms with E-state index in [0.717, 1.165) is 9.80 Å². The van der Waals surface area contributed by atoms with Crippen LogP contribution in [0.3, 0.4) is 0 Å². The van der Waals surface area contributed by atoms with Crippen LogP contribution in [0, 0.1) is 23.7 Å². The van der Waals surface area contributed by atoms with Crippen LogP contribution in [0.2, 0.25) is 0 Å². The SMILES string of the molecule is C=C1NC(=O)[C@H](CC(C)C)NC(=O)[C@@H](NC(=O)[C@H](CCC(=O)O)NC(=O)C(C)C)[C@@H](C)OC(=O)[C@H](C(C)CC)NC(=O)[C@H](Cc2ccc(O)cc2)N(C)C(=O)[C@H](C(C)CC)N([C@H](C)O)C1=O. The summed E-state index contributed by atoms with van der Waals surface area (Å²) < 4.78 is 5.86. The Morgan fingerprint density at radius 2 is 1.45 bits per heavy atom. The zero-order chi connectivity index (χ0) is 50.3. The summed E-state index contributed by atoms with van der Waals surface area (Å²) in [6, 6.07) is -3.10. The van der Waals surface area contributed by atoms with Crippen LogP contribution < -0.4 is 26.6 Å². The number of carbonyl (C=O) groups excluding carboxylic acids is 8. The number of nitrogens with zero attached hydrogens (tertiary/aromatic N) is 2. The standard InChI is InChI=1S/C46H71N7O13/c1-13-25(7)36-46(65)66-28(10)37(51-40(59)32(19-20-35(56)57)48-39(58)24(5)6)43(62)49-33(21-23(3)4)41(60)47-27(9)44(63)53(29(11)54)38(26(8)14-2)45(64)52(12)34(42(61)50-36)22-30-15-17-31(55)18-16-30/h15-18,23-26,28-29,32-34,36-38,54-55H,9,13-14,19-22H2,1-8,10-12H3,(H,47,60)(H,48,58)(H,49,62)(H,50,61)(H,51,59)(H,56,57)/t25?,26?,28-,29+,32+,33+,34+,36+,37+,38+/m1/s1. The number of rotatable bonds is 16. The number of ether oxygens (including phenoxy) is 1. The molecule has 66 heavy (non-hydrogen) atoms. The smallest absolute Gasteiger partial charge is 0.329 e. The normalized spacial score (nSPS) is 23.9. The van der Waals surface area contributed by atoms with Crippen molar-refractivity contribution in [3.05, 3.63) is 42.1 Å². The van der Waals surface area contributed by atoms with Crippen molar-refractivity contribution in [1.29, 1.82) is 0 Å². The first-order chi connectivity index (χ1) is 30.7. The molecule has 0 saturated carbocycles. The number of amides is 7. The number of benzene rings is 1. The molecule has 1 fully saturated rings. The molecule has 1 aliphatic heterocycles. The Morgan fingerprint density at radius 1 is 0.864 bits per heavy atom. The van der Waals surface area contributed by atoms with Crippen molar-refractivity contribution in [3.8, 4) is 5.75 Å². The fourth-order valence-electron chi connectivity index (χ4n) is 7.19. The first-order valence-corrected chi connectivity index (χ1v) is 22.4. The number of carbonyl (C=O) groups is 9. The Hall–Kier alpha value is -6.05. The van der Waals surface area contributed by atoms with Crippen molar-refractivity contribution in [1.82, 2.24) is 36.4 Å². The average Bonchev–Trinajstić information content (AvgIpc) is 3.24. The Bertz CT molecular complexity index is 1920. The highest BCUT2D eigenvalue weighted by Gasteiger charge is 2.44. The van der Waals surface area contributed by atoms with Crippen LogP contribution in [0.5, 0.6) is 5.75 Å². The molecule has 7 amide bonds. The zero-order valence-corrected chi connectivity index (χ0v) is 40.0. The predicted molar refractivity (Wildman–Crippen MR) is 241 cm³/mol. The highest BCUT2D eigenvalue weighted by Crippen LogP contribution is 2.24. The van der Waals surface area contributed by atoms with Crippen molar-refractivity contribution in [2.24, 2.45) is 23.7 Å². The molecule has 20 nitrogen and oxygen atoms in total. The van der Waals surface area contributed by atoms with E-state index in [4.69, 9.17) is 4.74 Å². The maximum atomic E-state index is 14.8. The number of nitrogens with one attached hydrogen (secondary N) is 5. The second-order valence-corrected chi connectivity index (χ2v) is 17.8. The molecule has 0 aromatic heterocycles. The maximum absolute atomic E-state index is 14.8. The van der Waals surface area contributed by atoms with Crippen LogP contribution in [-0.2, 0) is 54.3 Å². The fourth-order valence-corrected chi connectivity index (χ4v) is 7.19. The number of likely N-dealkylation sites (N-methyl/N-ethyl adjacent to an activating group) is 1. The van der Waals surface area contributed by atoms with E-state index in [9.17, 15) is 58.5 Å². The van der Waals surface area contributed by atoms with E-state index in [1.54, 1.807) is 55.4 Å². The van der Waals surface area contributed by atoms with E-state index in [-0.39, 0.29) is 30.9 Å². The molecule has 0 spiro atoms. The van der Waals surface area contributed by atoms with Crippen LogP contribution in [0.25, 0.3) is 0 Å². The number of aromatic hydroxyl groups is 1. The van der Waals surface area contributed by atoms with Crippen molar-refractivity contribution >= 4 is 53.3 Å². The highest BCUT2D eigenvalue weighted by atomic mass is 16.5. The molecule has 0 aliphatic carbocycles. The molecule has 1 aliphatic rings. The van der Waals surface area contributed by atoms with Gasteiger partial charge in [0.05, 0.1) is 5.70 Å². The van der Waals surface area contributed by atoms with Crippen LogP contribution in [0.15, 0.2) is 36.5 Å². The van der Waals surface area contributed by atoms with Crippen molar-refractivity contribution < 1.29 is 63.2 Å². The van der Waals surface area contributed by atoms with Gasteiger partial charge in [0.25, 0.3) is 5.91 Å². The van der Waals surface area contributed by atoms with Crippen LogP contribution in [0.1, 0.15) is 107 Å². The summed E-state index contributed by atoms with van der Waals surface area (Å²) in [6.45, 7) is 19.7. The molecule has 20 heteroatoms. The molecule has 1 heterocycles. The molecular formula is C46H71N7O13. The number of aliphatic carboxylic acids is 1. The van der Waals surface area contributed by atoms with Crippen molar-refractivity contribution in [2.45, 2.75) is 156 Å². The summed E-state index contributed by atoms with van der Waals surface area (Å²) in [6.07, 6.45) is -3.72. The number of phenolic OH excluding ortho intramolecular Hbond substituents is 1. The third kappa shape index (κ3) is 15.8. The molecule has 2 rings (SSSR count). The van der Waals surface area contributed by atoms with Gasteiger partial charge in [-0.1, -0.05) is 86.9 Å². The van der Waals surface area contributed by atoms with Gasteiger partial charge in [-0.15, -0.1) is 0 Å². The van der Waals surface area contributed by atoms with Gasteiger partial charge < -0.3 is 51.5 Å². The number of aliphatic hydroxyl groups is 1. The quantitative estimate of drug-likeness (QED) is 0.0862. The number of phenols is 1. The molecule has 1 aromatic carbocycles. The minimum atomic E-state index is -1.81. The van der Waals surface area contributed by atoms with E-state index in [2.05, 4.69) is 33.2 Å². The minimum Gasteiger partial charge on any atom is -0.508 e. The largest absolute Gasteiger partial charge is 0.508 e. The van der Waals surface area contributed by atoms with Crippen LogP contribution in [0.4, 0.5) is 0 Å². The highest BCUT2D eigenvalue weighted by molar-refractivity contribution is 6.02. The van der Waals surface area contributed by atoms with Gasteiger partial charge in [-0.05, 0) is 62.1 Å². The number of carboxylic acids is 1. The summed E-state index contributed by atoms with van der Waals surface area (Å²) >= 11 is 0. The summed E-state index contributed by atoms with van der Waals surface area (Å²) in [4.78, 5) is 127. The number of aliphatic hydroxyl groups excluding tert-OH is 1. The molecule has 1 aromatic rings. The van der Waals surface area contributed by atoms with Gasteiger partial charge in [0, 0.05) is 25.8 Å². The number of hydrogen-bond acceptors (Lipinski definition) is 12. The van der Waals surface area contributed by atoms with E-state index in [1.165, 1.54) is 45.2 Å². The van der Waals surface area contributed by atoms with Gasteiger partial charge >= 0.3 is 11.9 Å². The summed E-state index contributed by atoms with van der Waals surface area (Å²) in [5.41, 5.74) is -0.0802. The Kier molecular flexibility index (Phi) is 21.7. The molecular weight excluding hydrogens is 859 g/mol. The number of carboxylic acid groups (broad SMARTS) is 1. The first kappa shape index (κ1) is 56.1. The third-order valence-electron chi connectivity index (χ3n) is 11.6. The van der Waals surface area contributed by atoms with Gasteiger partial charge in [0.15, 0.2) is 0 Å². The zero-order valence-electron chi connectivity index (χ0n) is 40.0. The van der Waals surface area contributed by atoms with Gasteiger partial charge in [-0.25, -0.2) is 4.79 Å². The van der Waals surface area contributed by atoms with Gasteiger partial charge in [-0.3, -0.25) is 43.3 Å². The summed E-state index contributed by atoms with van der Waals surface area (Å²) in [7, 11) is 1.33. The monoisotopic (exact) mass is 930 g/mol. The number of cyclic esters (lactones) is 1. The van der Waals surface area contributed by atoms with E-state index in [1.807, 2.05) is 0 Å². The maximum Gasteiger partial charge on any atom is 0.329 e. The van der Waals surface area contributed by atoms with Gasteiger partial charge in [0.2, 0.25) is 35.4 Å². The minimum absolute atomic E-state index is 0.0387. The second kappa shape index (κ2) is 25.6. The predicted octanol–water partition coefficient (Wildman–Crippen LogP) is 1.47. The van der Waals surface area contributed by atoms with Crippen LogP contribution >= 0.6 is 0 Å². The fraction of sp³-hybridized carbons (Fsp3) is 0.630. The van der Waals surface area contributed by atoms with Crippen molar-refractivity contribution in [2.75, 3.05) is 7.05 Å². The number of hydrogen-bond donors (Lipinski definition) is 8. The second-order valence-electron chi connectivity index (χ2n) is 17.8. The lowest BCUT2D eigenvalue weighted by Crippen LogP contribution is -2.61. The molecule has 8 N–H and O–H groups in total. The topological polar surface area (TPSA) is 290 Å². The lowest BCUT2D eigenvalue weighted by atomic mass is 9.93. The Labute approximate surface area is 387 Å². The Morgan fingerprint density at radius 3 is 1.97 bits per heavy atom. The lowest BCUT2D eigenvalue weighted by molar-refractivity contribution is -0.159. The van der Waals surface area contributed by atoms with Gasteiger partial charge in [0.1, 0.15) is 54.3 Å². The molecule has 10 atom stereocenters. The lowest BCUT2D eigenvalue weighted by Gasteiger charge is -2.40. The first-order valence-electron chi connectivity index (χ1n) is 22.4. The van der Waals surface area contributed by atoms with E-state index < -0.39 is 132 Å².